The molecular formula is C14H19N3O4. The first-order chi connectivity index (χ1) is 10.2. The zero-order valence-electron chi connectivity index (χ0n) is 11.7. The smallest absolute Gasteiger partial charge is 0.354 e. The molecule has 0 aromatic carbocycles. The molecule has 0 saturated carbocycles. The highest BCUT2D eigenvalue weighted by atomic mass is 16.5. The lowest BCUT2D eigenvalue weighted by molar-refractivity contribution is 0.0374. The second-order valence-electron chi connectivity index (χ2n) is 4.80. The van der Waals surface area contributed by atoms with Gasteiger partial charge in [-0.25, -0.2) is 9.78 Å². The summed E-state index contributed by atoms with van der Waals surface area (Å²) in [6.45, 7) is 4.93. The average molecular weight is 293 g/mol. The summed E-state index contributed by atoms with van der Waals surface area (Å²) < 4.78 is 5.27. The number of hydrogen-bond donors (Lipinski definition) is 2. The van der Waals surface area contributed by atoms with Gasteiger partial charge in [-0.05, 0) is 25.1 Å². The van der Waals surface area contributed by atoms with Crippen molar-refractivity contribution < 1.29 is 19.4 Å². The first-order valence-corrected chi connectivity index (χ1v) is 6.94. The van der Waals surface area contributed by atoms with Crippen molar-refractivity contribution in [1.82, 2.24) is 15.2 Å². The van der Waals surface area contributed by atoms with E-state index in [1.807, 2.05) is 0 Å². The molecule has 1 aromatic rings. The van der Waals surface area contributed by atoms with Gasteiger partial charge in [0.05, 0.1) is 18.8 Å². The number of hydrogen-bond acceptors (Lipinski definition) is 5. The number of morpholine rings is 1. The predicted octanol–water partition coefficient (Wildman–Crippen LogP) is 0.232. The summed E-state index contributed by atoms with van der Waals surface area (Å²) in [7, 11) is 0. The summed E-state index contributed by atoms with van der Waals surface area (Å²) in [5, 5.41) is 11.5. The van der Waals surface area contributed by atoms with E-state index in [1.54, 1.807) is 0 Å². The van der Waals surface area contributed by atoms with E-state index in [0.29, 0.717) is 12.1 Å². The van der Waals surface area contributed by atoms with Crippen molar-refractivity contribution in [3.8, 4) is 0 Å². The predicted molar refractivity (Wildman–Crippen MR) is 75.4 cm³/mol. The third kappa shape index (κ3) is 4.80. The number of rotatable bonds is 6. The average Bonchev–Trinajstić information content (AvgIpc) is 2.52. The van der Waals surface area contributed by atoms with Gasteiger partial charge >= 0.3 is 5.97 Å². The molecule has 7 nitrogen and oxygen atoms in total. The van der Waals surface area contributed by atoms with Crippen LogP contribution in [0.2, 0.25) is 0 Å². The Bertz CT molecular complexity index is 483. The summed E-state index contributed by atoms with van der Waals surface area (Å²) >= 11 is 0. The van der Waals surface area contributed by atoms with Gasteiger partial charge in [-0.1, -0.05) is 0 Å². The molecule has 1 aliphatic rings. The molecule has 0 aliphatic carbocycles. The molecule has 0 bridgehead atoms. The number of carboxylic acid groups (broad SMARTS) is 1. The SMILES string of the molecule is O=C(NCCCN1CCOCC1)c1ccc(C(=O)O)nc1. The van der Waals surface area contributed by atoms with Crippen LogP contribution in [-0.2, 0) is 4.74 Å². The van der Waals surface area contributed by atoms with E-state index >= 15 is 0 Å². The zero-order chi connectivity index (χ0) is 15.1. The minimum Gasteiger partial charge on any atom is -0.477 e. The first kappa shape index (κ1) is 15.4. The molecule has 1 saturated heterocycles. The normalized spacial score (nSPS) is 15.6. The Morgan fingerprint density at radius 1 is 1.33 bits per heavy atom. The van der Waals surface area contributed by atoms with E-state index in [0.717, 1.165) is 39.3 Å². The highest BCUT2D eigenvalue weighted by Gasteiger charge is 2.11. The lowest BCUT2D eigenvalue weighted by atomic mass is 10.2. The number of carboxylic acids is 1. The maximum Gasteiger partial charge on any atom is 0.354 e. The molecule has 2 N–H and O–H groups in total. The third-order valence-electron chi connectivity index (χ3n) is 3.29. The number of ether oxygens (including phenoxy) is 1. The fraction of sp³-hybridized carbons (Fsp3) is 0.500. The van der Waals surface area contributed by atoms with Gasteiger partial charge in [0.2, 0.25) is 0 Å². The molecule has 1 amide bonds. The summed E-state index contributed by atoms with van der Waals surface area (Å²) in [6, 6.07) is 2.79. The summed E-state index contributed by atoms with van der Waals surface area (Å²) in [6.07, 6.45) is 2.15. The number of nitrogens with one attached hydrogen (secondary N) is 1. The van der Waals surface area contributed by atoms with Crippen LogP contribution >= 0.6 is 0 Å². The van der Waals surface area contributed by atoms with Crippen LogP contribution in [0.15, 0.2) is 18.3 Å². The van der Waals surface area contributed by atoms with Gasteiger partial charge in [-0.3, -0.25) is 9.69 Å². The van der Waals surface area contributed by atoms with E-state index in [2.05, 4.69) is 15.2 Å². The van der Waals surface area contributed by atoms with Crippen molar-refractivity contribution in [2.75, 3.05) is 39.4 Å². The second kappa shape index (κ2) is 7.70. The van der Waals surface area contributed by atoms with Crippen LogP contribution in [0.4, 0.5) is 0 Å². The second-order valence-corrected chi connectivity index (χ2v) is 4.80. The van der Waals surface area contributed by atoms with Gasteiger partial charge in [0, 0.05) is 25.8 Å². The van der Waals surface area contributed by atoms with Gasteiger partial charge in [-0.15, -0.1) is 0 Å². The number of aromatic nitrogens is 1. The Morgan fingerprint density at radius 3 is 2.71 bits per heavy atom. The molecule has 21 heavy (non-hydrogen) atoms. The Balaban J connectivity index is 1.70. The van der Waals surface area contributed by atoms with Crippen molar-refractivity contribution in [3.05, 3.63) is 29.6 Å². The molecule has 0 spiro atoms. The monoisotopic (exact) mass is 293 g/mol. The number of aromatic carboxylic acids is 1. The molecule has 1 aromatic heterocycles. The van der Waals surface area contributed by atoms with E-state index in [4.69, 9.17) is 9.84 Å². The van der Waals surface area contributed by atoms with Crippen LogP contribution in [-0.4, -0.2) is 66.3 Å². The van der Waals surface area contributed by atoms with E-state index in [1.165, 1.54) is 18.3 Å². The Labute approximate surface area is 122 Å². The van der Waals surface area contributed by atoms with Gasteiger partial charge in [0.1, 0.15) is 5.69 Å². The minimum absolute atomic E-state index is 0.0705. The van der Waals surface area contributed by atoms with Gasteiger partial charge in [0.25, 0.3) is 5.91 Å². The van der Waals surface area contributed by atoms with Crippen molar-refractivity contribution in [1.29, 1.82) is 0 Å². The molecular weight excluding hydrogens is 274 g/mol. The quantitative estimate of drug-likeness (QED) is 0.730. The lowest BCUT2D eigenvalue weighted by Gasteiger charge is -2.26. The summed E-state index contributed by atoms with van der Waals surface area (Å²) in [5.74, 6) is -1.34. The maximum atomic E-state index is 11.8. The molecule has 2 rings (SSSR count). The van der Waals surface area contributed by atoms with Gasteiger partial charge < -0.3 is 15.2 Å². The number of carbonyl (C=O) groups is 2. The highest BCUT2D eigenvalue weighted by molar-refractivity contribution is 5.94. The van der Waals surface area contributed by atoms with Crippen LogP contribution in [0, 0.1) is 0 Å². The standard InChI is InChI=1S/C14H19N3O4/c18-13(11-2-3-12(14(19)20)16-10-11)15-4-1-5-17-6-8-21-9-7-17/h2-3,10H,1,4-9H2,(H,15,18)(H,19,20). The topological polar surface area (TPSA) is 91.8 Å². The molecule has 7 heteroatoms. The lowest BCUT2D eigenvalue weighted by Crippen LogP contribution is -2.38. The summed E-state index contributed by atoms with van der Waals surface area (Å²) in [5.41, 5.74) is 0.297. The number of nitrogens with zero attached hydrogens (tertiary/aromatic N) is 2. The molecule has 0 atom stereocenters. The van der Waals surface area contributed by atoms with Crippen LogP contribution < -0.4 is 5.32 Å². The number of amides is 1. The van der Waals surface area contributed by atoms with Crippen molar-refractivity contribution >= 4 is 11.9 Å². The zero-order valence-corrected chi connectivity index (χ0v) is 11.7. The van der Waals surface area contributed by atoms with Crippen LogP contribution in [0.5, 0.6) is 0 Å². The largest absolute Gasteiger partial charge is 0.477 e. The van der Waals surface area contributed by atoms with Gasteiger partial charge in [-0.2, -0.15) is 0 Å². The Hall–Kier alpha value is -1.99. The van der Waals surface area contributed by atoms with E-state index in [9.17, 15) is 9.59 Å². The summed E-state index contributed by atoms with van der Waals surface area (Å²) in [4.78, 5) is 28.5. The maximum absolute atomic E-state index is 11.8. The fourth-order valence-electron chi connectivity index (χ4n) is 2.09. The van der Waals surface area contributed by atoms with Crippen LogP contribution in [0.25, 0.3) is 0 Å². The minimum atomic E-state index is -1.10. The highest BCUT2D eigenvalue weighted by Crippen LogP contribution is 2.01. The number of pyridine rings is 1. The molecule has 114 valence electrons. The van der Waals surface area contributed by atoms with Gasteiger partial charge in [0.15, 0.2) is 0 Å². The number of carbonyl (C=O) groups excluding carboxylic acids is 1. The van der Waals surface area contributed by atoms with Crippen LogP contribution in [0.1, 0.15) is 27.3 Å². The van der Waals surface area contributed by atoms with Crippen molar-refractivity contribution in [2.45, 2.75) is 6.42 Å². The van der Waals surface area contributed by atoms with E-state index in [-0.39, 0.29) is 11.6 Å². The van der Waals surface area contributed by atoms with Crippen LogP contribution in [0.3, 0.4) is 0 Å². The molecule has 0 unspecified atom stereocenters. The fourth-order valence-corrected chi connectivity index (χ4v) is 2.09. The molecule has 0 radical (unpaired) electrons. The first-order valence-electron chi connectivity index (χ1n) is 6.94. The third-order valence-corrected chi connectivity index (χ3v) is 3.29. The van der Waals surface area contributed by atoms with Crippen molar-refractivity contribution in [3.63, 3.8) is 0 Å². The molecule has 1 aliphatic heterocycles. The molecule has 1 fully saturated rings. The Morgan fingerprint density at radius 2 is 2.10 bits per heavy atom. The van der Waals surface area contributed by atoms with E-state index < -0.39 is 5.97 Å². The Kier molecular flexibility index (Phi) is 5.65. The van der Waals surface area contributed by atoms with Crippen molar-refractivity contribution in [2.24, 2.45) is 0 Å². The molecule has 2 heterocycles.